The molecule has 1 aromatic carbocycles. The van der Waals surface area contributed by atoms with Gasteiger partial charge in [-0.2, -0.15) is 0 Å². The van der Waals surface area contributed by atoms with E-state index in [2.05, 4.69) is 16.4 Å². The van der Waals surface area contributed by atoms with Gasteiger partial charge in [-0.25, -0.2) is 0 Å². The van der Waals surface area contributed by atoms with Crippen LogP contribution in [0.1, 0.15) is 23.5 Å². The zero-order chi connectivity index (χ0) is 13.9. The standard InChI is InChI=1S/C16H16N2O2/c19-16(20)15-8-14(15)12-4-1-3-11(7-12)9-18-13-5-2-6-17-10-13/h1-7,10,14-15,18H,8-9H2,(H,19,20). The number of aliphatic carboxylic acids is 1. The molecule has 1 aliphatic carbocycles. The largest absolute Gasteiger partial charge is 0.481 e. The van der Waals surface area contributed by atoms with E-state index in [1.165, 1.54) is 0 Å². The van der Waals surface area contributed by atoms with Gasteiger partial charge in [-0.3, -0.25) is 9.78 Å². The van der Waals surface area contributed by atoms with E-state index in [1.807, 2.05) is 30.3 Å². The molecule has 1 heterocycles. The molecule has 4 nitrogen and oxygen atoms in total. The number of carbonyl (C=O) groups is 1. The van der Waals surface area contributed by atoms with Crippen molar-refractivity contribution in [3.05, 3.63) is 59.9 Å². The van der Waals surface area contributed by atoms with Gasteiger partial charge in [-0.1, -0.05) is 24.3 Å². The average Bonchev–Trinajstić information content (AvgIpc) is 3.27. The van der Waals surface area contributed by atoms with E-state index in [0.29, 0.717) is 6.54 Å². The second kappa shape index (κ2) is 5.33. The Kier molecular flexibility index (Phi) is 3.37. The Bertz CT molecular complexity index is 613. The third-order valence-electron chi connectivity index (χ3n) is 3.65. The molecule has 2 unspecified atom stereocenters. The molecular formula is C16H16N2O2. The van der Waals surface area contributed by atoms with Crippen LogP contribution in [0.5, 0.6) is 0 Å². The van der Waals surface area contributed by atoms with Crippen molar-refractivity contribution in [3.63, 3.8) is 0 Å². The van der Waals surface area contributed by atoms with Gasteiger partial charge in [0.1, 0.15) is 0 Å². The summed E-state index contributed by atoms with van der Waals surface area (Å²) < 4.78 is 0. The van der Waals surface area contributed by atoms with Crippen LogP contribution in [0.25, 0.3) is 0 Å². The molecule has 1 fully saturated rings. The third kappa shape index (κ3) is 2.79. The van der Waals surface area contributed by atoms with E-state index < -0.39 is 5.97 Å². The molecule has 4 heteroatoms. The van der Waals surface area contributed by atoms with Crippen molar-refractivity contribution in [1.82, 2.24) is 4.98 Å². The minimum atomic E-state index is -0.686. The van der Waals surface area contributed by atoms with Gasteiger partial charge in [0.2, 0.25) is 0 Å². The van der Waals surface area contributed by atoms with Crippen molar-refractivity contribution in [2.45, 2.75) is 18.9 Å². The van der Waals surface area contributed by atoms with Crippen molar-refractivity contribution < 1.29 is 9.90 Å². The first-order chi connectivity index (χ1) is 9.74. The first kappa shape index (κ1) is 12.7. The fraction of sp³-hybridized carbons (Fsp3) is 0.250. The second-order valence-corrected chi connectivity index (χ2v) is 5.13. The van der Waals surface area contributed by atoms with Crippen molar-refractivity contribution in [3.8, 4) is 0 Å². The first-order valence-corrected chi connectivity index (χ1v) is 6.69. The Morgan fingerprint density at radius 1 is 1.35 bits per heavy atom. The third-order valence-corrected chi connectivity index (χ3v) is 3.65. The normalized spacial score (nSPS) is 20.4. The molecule has 0 bridgehead atoms. The highest BCUT2D eigenvalue weighted by Crippen LogP contribution is 2.47. The van der Waals surface area contributed by atoms with Crippen LogP contribution in [0.15, 0.2) is 48.8 Å². The molecule has 2 atom stereocenters. The molecule has 0 saturated heterocycles. The average molecular weight is 268 g/mol. The second-order valence-electron chi connectivity index (χ2n) is 5.13. The Hall–Kier alpha value is -2.36. The van der Waals surface area contributed by atoms with E-state index in [0.717, 1.165) is 23.2 Å². The number of carboxylic acid groups (broad SMARTS) is 1. The van der Waals surface area contributed by atoms with Crippen LogP contribution >= 0.6 is 0 Å². The number of benzene rings is 1. The zero-order valence-corrected chi connectivity index (χ0v) is 11.0. The van der Waals surface area contributed by atoms with E-state index in [1.54, 1.807) is 12.4 Å². The summed E-state index contributed by atoms with van der Waals surface area (Å²) in [6.07, 6.45) is 4.28. The number of carboxylic acids is 1. The van der Waals surface area contributed by atoms with Crippen molar-refractivity contribution in [2.24, 2.45) is 5.92 Å². The molecule has 1 aliphatic rings. The highest BCUT2D eigenvalue weighted by atomic mass is 16.4. The Morgan fingerprint density at radius 3 is 2.95 bits per heavy atom. The van der Waals surface area contributed by atoms with E-state index in [9.17, 15) is 4.79 Å². The molecule has 2 N–H and O–H groups in total. The predicted molar refractivity (Wildman–Crippen MR) is 76.5 cm³/mol. The predicted octanol–water partition coefficient (Wildman–Crippen LogP) is 2.88. The summed E-state index contributed by atoms with van der Waals surface area (Å²) in [6.45, 7) is 0.712. The lowest BCUT2D eigenvalue weighted by molar-refractivity contribution is -0.138. The molecule has 0 amide bonds. The van der Waals surface area contributed by atoms with Crippen molar-refractivity contribution in [2.75, 3.05) is 5.32 Å². The Morgan fingerprint density at radius 2 is 2.25 bits per heavy atom. The maximum absolute atomic E-state index is 10.9. The van der Waals surface area contributed by atoms with Gasteiger partial charge in [-0.05, 0) is 35.6 Å². The maximum atomic E-state index is 10.9. The number of anilines is 1. The smallest absolute Gasteiger partial charge is 0.307 e. The van der Waals surface area contributed by atoms with Crippen LogP contribution in [0, 0.1) is 5.92 Å². The van der Waals surface area contributed by atoms with Gasteiger partial charge in [0.05, 0.1) is 11.6 Å². The fourth-order valence-corrected chi connectivity index (χ4v) is 2.44. The van der Waals surface area contributed by atoms with Crippen LogP contribution in [-0.4, -0.2) is 16.1 Å². The van der Waals surface area contributed by atoms with Crippen LogP contribution in [-0.2, 0) is 11.3 Å². The molecule has 0 spiro atoms. The van der Waals surface area contributed by atoms with Crippen molar-refractivity contribution in [1.29, 1.82) is 0 Å². The highest BCUT2D eigenvalue weighted by Gasteiger charge is 2.44. The molecule has 20 heavy (non-hydrogen) atoms. The molecule has 1 aromatic heterocycles. The molecule has 0 radical (unpaired) electrons. The summed E-state index contributed by atoms with van der Waals surface area (Å²) in [5.74, 6) is -0.698. The molecular weight excluding hydrogens is 252 g/mol. The highest BCUT2D eigenvalue weighted by molar-refractivity contribution is 5.75. The number of hydrogen-bond acceptors (Lipinski definition) is 3. The Balaban J connectivity index is 1.65. The molecule has 1 saturated carbocycles. The van der Waals surface area contributed by atoms with E-state index >= 15 is 0 Å². The zero-order valence-electron chi connectivity index (χ0n) is 11.0. The van der Waals surface area contributed by atoms with Gasteiger partial charge in [-0.15, -0.1) is 0 Å². The summed E-state index contributed by atoms with van der Waals surface area (Å²) in [4.78, 5) is 15.0. The molecule has 0 aliphatic heterocycles. The quantitative estimate of drug-likeness (QED) is 0.875. The van der Waals surface area contributed by atoms with Crippen LogP contribution in [0.4, 0.5) is 5.69 Å². The molecule has 3 rings (SSSR count). The monoisotopic (exact) mass is 268 g/mol. The summed E-state index contributed by atoms with van der Waals surface area (Å²) in [5, 5.41) is 12.3. The van der Waals surface area contributed by atoms with Gasteiger partial charge in [0.25, 0.3) is 0 Å². The van der Waals surface area contributed by atoms with Gasteiger partial charge in [0, 0.05) is 18.9 Å². The van der Waals surface area contributed by atoms with Gasteiger partial charge < -0.3 is 10.4 Å². The van der Waals surface area contributed by atoms with Crippen LogP contribution in [0.3, 0.4) is 0 Å². The SMILES string of the molecule is O=C(O)C1CC1c1cccc(CNc2cccnc2)c1. The molecule has 2 aromatic rings. The number of nitrogens with zero attached hydrogens (tertiary/aromatic N) is 1. The number of pyridine rings is 1. The van der Waals surface area contributed by atoms with Crippen molar-refractivity contribution >= 4 is 11.7 Å². The summed E-state index contributed by atoms with van der Waals surface area (Å²) >= 11 is 0. The van der Waals surface area contributed by atoms with Crippen LogP contribution in [0.2, 0.25) is 0 Å². The number of rotatable bonds is 5. The number of aromatic nitrogens is 1. The minimum absolute atomic E-state index is 0.186. The number of hydrogen-bond donors (Lipinski definition) is 2. The van der Waals surface area contributed by atoms with E-state index in [-0.39, 0.29) is 11.8 Å². The van der Waals surface area contributed by atoms with Gasteiger partial charge in [0.15, 0.2) is 0 Å². The maximum Gasteiger partial charge on any atom is 0.307 e. The minimum Gasteiger partial charge on any atom is -0.481 e. The lowest BCUT2D eigenvalue weighted by Gasteiger charge is -2.07. The summed E-state index contributed by atoms with van der Waals surface area (Å²) in [7, 11) is 0. The molecule has 102 valence electrons. The summed E-state index contributed by atoms with van der Waals surface area (Å²) in [5.41, 5.74) is 3.26. The number of nitrogens with one attached hydrogen (secondary N) is 1. The van der Waals surface area contributed by atoms with Crippen LogP contribution < -0.4 is 5.32 Å². The first-order valence-electron chi connectivity index (χ1n) is 6.69. The van der Waals surface area contributed by atoms with Gasteiger partial charge >= 0.3 is 5.97 Å². The fourth-order valence-electron chi connectivity index (χ4n) is 2.44. The lowest BCUT2D eigenvalue weighted by Crippen LogP contribution is -2.01. The Labute approximate surface area is 117 Å². The summed E-state index contributed by atoms with van der Waals surface area (Å²) in [6, 6.07) is 12.0. The topological polar surface area (TPSA) is 62.2 Å². The lowest BCUT2D eigenvalue weighted by atomic mass is 10.1. The van der Waals surface area contributed by atoms with E-state index in [4.69, 9.17) is 5.11 Å².